The minimum Gasteiger partial charge on any atom is -0.496 e. The van der Waals surface area contributed by atoms with Crippen LogP contribution < -0.4 is 10.1 Å². The van der Waals surface area contributed by atoms with Gasteiger partial charge in [-0.2, -0.15) is 0 Å². The van der Waals surface area contributed by atoms with Crippen LogP contribution in [-0.4, -0.2) is 31.1 Å². The summed E-state index contributed by atoms with van der Waals surface area (Å²) in [7, 11) is 1.64. The summed E-state index contributed by atoms with van der Waals surface area (Å²) in [5.74, 6) is 0.806. The first kappa shape index (κ1) is 15.3. The lowest BCUT2D eigenvalue weighted by atomic mass is 10.2. The van der Waals surface area contributed by atoms with Crippen molar-refractivity contribution in [1.82, 2.24) is 10.2 Å². The van der Waals surface area contributed by atoms with Gasteiger partial charge in [0.15, 0.2) is 0 Å². The first-order valence-corrected chi connectivity index (χ1v) is 6.87. The van der Waals surface area contributed by atoms with Gasteiger partial charge in [0.25, 0.3) is 0 Å². The molecule has 0 aliphatic rings. The molecule has 0 saturated carbocycles. The molecule has 0 heterocycles. The van der Waals surface area contributed by atoms with Crippen LogP contribution in [0.3, 0.4) is 0 Å². The molecule has 0 radical (unpaired) electrons. The topological polar surface area (TPSA) is 41.6 Å². The van der Waals surface area contributed by atoms with E-state index in [2.05, 4.69) is 19.2 Å². The van der Waals surface area contributed by atoms with Gasteiger partial charge in [-0.25, -0.2) is 4.79 Å². The molecule has 0 aliphatic heterocycles. The number of rotatable bonds is 7. The molecule has 4 nitrogen and oxygen atoms in total. The number of carbonyl (C=O) groups is 1. The molecule has 1 N–H and O–H groups in total. The lowest BCUT2D eigenvalue weighted by molar-refractivity contribution is 0.197. The Balaban J connectivity index is 2.56. The SMILES string of the molecule is CCCN(CCC)C(=O)NCc1ccccc1OC. The third-order valence-electron chi connectivity index (χ3n) is 2.90. The van der Waals surface area contributed by atoms with Gasteiger partial charge in [0.05, 0.1) is 7.11 Å². The van der Waals surface area contributed by atoms with Crippen molar-refractivity contribution in [3.63, 3.8) is 0 Å². The Kier molecular flexibility index (Phi) is 6.79. The number of urea groups is 1. The maximum Gasteiger partial charge on any atom is 0.317 e. The zero-order valence-corrected chi connectivity index (χ0v) is 12.1. The number of para-hydroxylation sites is 1. The van der Waals surface area contributed by atoms with Crippen LogP contribution in [0.25, 0.3) is 0 Å². The predicted octanol–water partition coefficient (Wildman–Crippen LogP) is 3.03. The fraction of sp³-hybridized carbons (Fsp3) is 0.533. The Morgan fingerprint density at radius 1 is 1.21 bits per heavy atom. The minimum absolute atomic E-state index is 0.00499. The number of nitrogens with one attached hydrogen (secondary N) is 1. The highest BCUT2D eigenvalue weighted by atomic mass is 16.5. The number of nitrogens with zero attached hydrogens (tertiary/aromatic N) is 1. The molecule has 0 spiro atoms. The van der Waals surface area contributed by atoms with Gasteiger partial charge in [-0.05, 0) is 18.9 Å². The Bertz CT molecular complexity index is 387. The second-order valence-electron chi connectivity index (χ2n) is 4.46. The zero-order chi connectivity index (χ0) is 14.1. The van der Waals surface area contributed by atoms with E-state index in [0.29, 0.717) is 6.54 Å². The van der Waals surface area contributed by atoms with Crippen molar-refractivity contribution >= 4 is 6.03 Å². The Morgan fingerprint density at radius 2 is 1.84 bits per heavy atom. The number of carbonyl (C=O) groups excluding carboxylic acids is 1. The molecule has 19 heavy (non-hydrogen) atoms. The molecule has 0 aromatic heterocycles. The lowest BCUT2D eigenvalue weighted by Crippen LogP contribution is -2.40. The third kappa shape index (κ3) is 4.81. The maximum absolute atomic E-state index is 12.1. The van der Waals surface area contributed by atoms with Crippen molar-refractivity contribution in [1.29, 1.82) is 0 Å². The Morgan fingerprint density at radius 3 is 2.42 bits per heavy atom. The molecule has 4 heteroatoms. The fourth-order valence-corrected chi connectivity index (χ4v) is 1.99. The third-order valence-corrected chi connectivity index (χ3v) is 2.90. The average molecular weight is 264 g/mol. The van der Waals surface area contributed by atoms with Gasteiger partial charge in [-0.15, -0.1) is 0 Å². The first-order chi connectivity index (χ1) is 9.22. The summed E-state index contributed by atoms with van der Waals surface area (Å²) < 4.78 is 5.27. The standard InChI is InChI=1S/C15H24N2O2/c1-4-10-17(11-5-2)15(18)16-12-13-8-6-7-9-14(13)19-3/h6-9H,4-5,10-12H2,1-3H3,(H,16,18). The van der Waals surface area contributed by atoms with Crippen LogP contribution in [0.4, 0.5) is 4.79 Å². The van der Waals surface area contributed by atoms with E-state index < -0.39 is 0 Å². The molecule has 0 aliphatic carbocycles. The molecule has 0 bridgehead atoms. The van der Waals surface area contributed by atoms with Crippen molar-refractivity contribution < 1.29 is 9.53 Å². The van der Waals surface area contributed by atoms with E-state index in [0.717, 1.165) is 37.2 Å². The van der Waals surface area contributed by atoms with Crippen molar-refractivity contribution in [3.05, 3.63) is 29.8 Å². The van der Waals surface area contributed by atoms with E-state index in [-0.39, 0.29) is 6.03 Å². The molecule has 2 amide bonds. The van der Waals surface area contributed by atoms with E-state index in [9.17, 15) is 4.79 Å². The van der Waals surface area contributed by atoms with Crippen molar-refractivity contribution in [3.8, 4) is 5.75 Å². The van der Waals surface area contributed by atoms with Gasteiger partial charge in [0.1, 0.15) is 5.75 Å². The van der Waals surface area contributed by atoms with Crippen molar-refractivity contribution in [2.45, 2.75) is 33.2 Å². The number of hydrogen-bond acceptors (Lipinski definition) is 2. The van der Waals surface area contributed by atoms with Crippen LogP contribution >= 0.6 is 0 Å². The second kappa shape index (κ2) is 8.40. The normalized spacial score (nSPS) is 10.1. The molecule has 1 aromatic rings. The van der Waals surface area contributed by atoms with Crippen LogP contribution in [0.15, 0.2) is 24.3 Å². The molecular weight excluding hydrogens is 240 g/mol. The van der Waals surface area contributed by atoms with Crippen molar-refractivity contribution in [2.75, 3.05) is 20.2 Å². The smallest absolute Gasteiger partial charge is 0.317 e. The molecule has 0 saturated heterocycles. The largest absolute Gasteiger partial charge is 0.496 e. The number of methoxy groups -OCH3 is 1. The Labute approximate surface area is 115 Å². The van der Waals surface area contributed by atoms with E-state index >= 15 is 0 Å². The summed E-state index contributed by atoms with van der Waals surface area (Å²) in [5.41, 5.74) is 0.992. The van der Waals surface area contributed by atoms with Crippen LogP contribution in [0.2, 0.25) is 0 Å². The van der Waals surface area contributed by atoms with Crippen LogP contribution in [0, 0.1) is 0 Å². The number of ether oxygens (including phenoxy) is 1. The summed E-state index contributed by atoms with van der Waals surface area (Å²) in [5, 5.41) is 2.95. The van der Waals surface area contributed by atoms with E-state index in [1.54, 1.807) is 7.11 Å². The molecular formula is C15H24N2O2. The molecule has 106 valence electrons. The minimum atomic E-state index is -0.00499. The second-order valence-corrected chi connectivity index (χ2v) is 4.46. The highest BCUT2D eigenvalue weighted by molar-refractivity contribution is 5.74. The maximum atomic E-state index is 12.1. The first-order valence-electron chi connectivity index (χ1n) is 6.87. The quantitative estimate of drug-likeness (QED) is 0.822. The van der Waals surface area contributed by atoms with Crippen LogP contribution in [0.1, 0.15) is 32.3 Å². The number of benzene rings is 1. The van der Waals surface area contributed by atoms with Gasteiger partial charge in [0.2, 0.25) is 0 Å². The van der Waals surface area contributed by atoms with Gasteiger partial charge >= 0.3 is 6.03 Å². The van der Waals surface area contributed by atoms with Gasteiger partial charge in [-0.1, -0.05) is 32.0 Å². The summed E-state index contributed by atoms with van der Waals surface area (Å²) in [6, 6.07) is 7.72. The highest BCUT2D eigenvalue weighted by Crippen LogP contribution is 2.16. The van der Waals surface area contributed by atoms with Gasteiger partial charge < -0.3 is 15.0 Å². The number of amides is 2. The molecule has 0 atom stereocenters. The van der Waals surface area contributed by atoms with E-state index in [1.165, 1.54) is 0 Å². The van der Waals surface area contributed by atoms with Gasteiger partial charge in [-0.3, -0.25) is 0 Å². The number of hydrogen-bond donors (Lipinski definition) is 1. The monoisotopic (exact) mass is 264 g/mol. The van der Waals surface area contributed by atoms with Crippen LogP contribution in [-0.2, 0) is 6.54 Å². The molecule has 1 aromatic carbocycles. The fourth-order valence-electron chi connectivity index (χ4n) is 1.99. The van der Waals surface area contributed by atoms with E-state index in [1.807, 2.05) is 29.2 Å². The predicted molar refractivity (Wildman–Crippen MR) is 77.4 cm³/mol. The van der Waals surface area contributed by atoms with Crippen LogP contribution in [0.5, 0.6) is 5.75 Å². The molecule has 1 rings (SSSR count). The average Bonchev–Trinajstić information content (AvgIpc) is 2.44. The van der Waals surface area contributed by atoms with Gasteiger partial charge in [0, 0.05) is 25.2 Å². The summed E-state index contributed by atoms with van der Waals surface area (Å²) in [4.78, 5) is 13.9. The molecule has 0 fully saturated rings. The zero-order valence-electron chi connectivity index (χ0n) is 12.1. The van der Waals surface area contributed by atoms with E-state index in [4.69, 9.17) is 4.74 Å². The summed E-state index contributed by atoms with van der Waals surface area (Å²) in [6.07, 6.45) is 1.95. The Hall–Kier alpha value is -1.71. The lowest BCUT2D eigenvalue weighted by Gasteiger charge is -2.22. The summed E-state index contributed by atoms with van der Waals surface area (Å²) in [6.45, 7) is 6.25. The van der Waals surface area contributed by atoms with Crippen molar-refractivity contribution in [2.24, 2.45) is 0 Å². The molecule has 0 unspecified atom stereocenters. The highest BCUT2D eigenvalue weighted by Gasteiger charge is 2.11. The summed E-state index contributed by atoms with van der Waals surface area (Å²) >= 11 is 0.